The number of aryl methyl sites for hydroxylation is 1. The van der Waals surface area contributed by atoms with Crippen molar-refractivity contribution in [2.75, 3.05) is 19.6 Å². The Bertz CT molecular complexity index is 999. The van der Waals surface area contributed by atoms with Crippen LogP contribution in [-0.4, -0.2) is 45.9 Å². The average Bonchev–Trinajstić information content (AvgIpc) is 3.30. The summed E-state index contributed by atoms with van der Waals surface area (Å²) < 4.78 is 1.92. The van der Waals surface area contributed by atoms with Gasteiger partial charge in [-0.05, 0) is 30.9 Å². The largest absolute Gasteiger partial charge is 0.352 e. The van der Waals surface area contributed by atoms with E-state index in [4.69, 9.17) is 0 Å². The Morgan fingerprint density at radius 1 is 1.17 bits per heavy atom. The summed E-state index contributed by atoms with van der Waals surface area (Å²) in [6.45, 7) is 6.40. The lowest BCUT2D eigenvalue weighted by molar-refractivity contribution is 0.0783. The van der Waals surface area contributed by atoms with Crippen LogP contribution in [0.2, 0.25) is 0 Å². The maximum atomic E-state index is 12.8. The molecule has 4 rings (SSSR count). The van der Waals surface area contributed by atoms with Crippen LogP contribution in [0.5, 0.6) is 0 Å². The minimum atomic E-state index is -0.494. The van der Waals surface area contributed by atoms with Crippen LogP contribution in [-0.2, 0) is 12.0 Å². The molecule has 2 aromatic rings. The van der Waals surface area contributed by atoms with Gasteiger partial charge in [0.05, 0.1) is 0 Å². The fourth-order valence-electron chi connectivity index (χ4n) is 4.28. The van der Waals surface area contributed by atoms with Crippen molar-refractivity contribution >= 4 is 11.8 Å². The first-order valence-corrected chi connectivity index (χ1v) is 10.1. The van der Waals surface area contributed by atoms with Crippen LogP contribution in [0.3, 0.4) is 0 Å². The first-order chi connectivity index (χ1) is 13.9. The summed E-state index contributed by atoms with van der Waals surface area (Å²) in [5.74, 6) is 0.637. The molecule has 0 radical (unpaired) electrons. The summed E-state index contributed by atoms with van der Waals surface area (Å²) in [6.07, 6.45) is 3.22. The molecule has 29 heavy (non-hydrogen) atoms. The van der Waals surface area contributed by atoms with Crippen LogP contribution < -0.4 is 10.9 Å². The van der Waals surface area contributed by atoms with Gasteiger partial charge < -0.3 is 14.8 Å². The van der Waals surface area contributed by atoms with Gasteiger partial charge in [-0.15, -0.1) is 0 Å². The van der Waals surface area contributed by atoms with Gasteiger partial charge in [-0.25, -0.2) is 0 Å². The Morgan fingerprint density at radius 3 is 2.62 bits per heavy atom. The van der Waals surface area contributed by atoms with E-state index >= 15 is 0 Å². The van der Waals surface area contributed by atoms with Crippen molar-refractivity contribution in [3.63, 3.8) is 0 Å². The standard InChI is InChI=1S/C22H26N4O3/c1-15(2)12-23-18(27)17-13-25-10-8-22(21(25)24-19(17)28)9-11-26(14-22)20(29)16-6-4-3-5-7-16/h3-7,13,15H,8-12,14H2,1-2H3,(H,23,27)/t22-/m0/s1. The second-order valence-corrected chi connectivity index (χ2v) is 8.45. The number of carbonyl (C=O) groups excluding carboxylic acids is 2. The lowest BCUT2D eigenvalue weighted by Crippen LogP contribution is -2.37. The molecule has 7 heteroatoms. The molecule has 1 N–H and O–H groups in total. The van der Waals surface area contributed by atoms with E-state index in [1.165, 1.54) is 0 Å². The molecule has 1 fully saturated rings. The van der Waals surface area contributed by atoms with Crippen molar-refractivity contribution in [2.24, 2.45) is 5.92 Å². The predicted molar refractivity (Wildman–Crippen MR) is 109 cm³/mol. The lowest BCUT2D eigenvalue weighted by Gasteiger charge is -2.23. The zero-order valence-electron chi connectivity index (χ0n) is 16.9. The maximum Gasteiger partial charge on any atom is 0.285 e. The van der Waals surface area contributed by atoms with Crippen LogP contribution >= 0.6 is 0 Å². The van der Waals surface area contributed by atoms with E-state index in [0.717, 1.165) is 12.8 Å². The van der Waals surface area contributed by atoms with E-state index < -0.39 is 5.56 Å². The molecule has 1 spiro atoms. The Hall–Kier alpha value is -2.96. The average molecular weight is 394 g/mol. The van der Waals surface area contributed by atoms with Gasteiger partial charge in [0.15, 0.2) is 0 Å². The molecular formula is C22H26N4O3. The fourth-order valence-corrected chi connectivity index (χ4v) is 4.28. The van der Waals surface area contributed by atoms with Crippen molar-refractivity contribution in [3.05, 3.63) is 63.8 Å². The van der Waals surface area contributed by atoms with Gasteiger partial charge in [0.25, 0.3) is 17.4 Å². The number of carbonyl (C=O) groups is 2. The van der Waals surface area contributed by atoms with Crippen molar-refractivity contribution < 1.29 is 9.59 Å². The molecule has 0 aliphatic carbocycles. The Labute approximate surface area is 169 Å². The number of likely N-dealkylation sites (tertiary alicyclic amines) is 1. The Balaban J connectivity index is 1.56. The summed E-state index contributed by atoms with van der Waals surface area (Å²) in [5, 5.41) is 2.79. The molecule has 7 nitrogen and oxygen atoms in total. The number of amides is 2. The Kier molecular flexibility index (Phi) is 4.98. The topological polar surface area (TPSA) is 84.3 Å². The van der Waals surface area contributed by atoms with E-state index in [0.29, 0.717) is 43.5 Å². The molecule has 0 unspecified atom stereocenters. The highest BCUT2D eigenvalue weighted by atomic mass is 16.2. The van der Waals surface area contributed by atoms with Crippen molar-refractivity contribution in [1.82, 2.24) is 19.8 Å². The van der Waals surface area contributed by atoms with Gasteiger partial charge in [-0.2, -0.15) is 4.98 Å². The van der Waals surface area contributed by atoms with Crippen molar-refractivity contribution in [2.45, 2.75) is 38.6 Å². The molecule has 152 valence electrons. The minimum Gasteiger partial charge on any atom is -0.352 e. The summed E-state index contributed by atoms with van der Waals surface area (Å²) in [7, 11) is 0. The van der Waals surface area contributed by atoms with Gasteiger partial charge >= 0.3 is 0 Å². The molecule has 3 heterocycles. The third-order valence-corrected chi connectivity index (χ3v) is 5.88. The zero-order valence-corrected chi connectivity index (χ0v) is 16.9. The molecule has 1 saturated heterocycles. The second-order valence-electron chi connectivity index (χ2n) is 8.45. The Morgan fingerprint density at radius 2 is 1.90 bits per heavy atom. The highest BCUT2D eigenvalue weighted by Crippen LogP contribution is 2.41. The van der Waals surface area contributed by atoms with Crippen LogP contribution in [0.4, 0.5) is 0 Å². The molecule has 1 aromatic heterocycles. The van der Waals surface area contributed by atoms with Gasteiger partial charge in [-0.1, -0.05) is 32.0 Å². The minimum absolute atomic E-state index is 0.00737. The summed E-state index contributed by atoms with van der Waals surface area (Å²) in [6, 6.07) is 9.25. The van der Waals surface area contributed by atoms with E-state index in [-0.39, 0.29) is 22.8 Å². The number of hydrogen-bond donors (Lipinski definition) is 1. The molecule has 2 amide bonds. The van der Waals surface area contributed by atoms with E-state index in [9.17, 15) is 14.4 Å². The number of benzene rings is 1. The third kappa shape index (κ3) is 3.57. The first-order valence-electron chi connectivity index (χ1n) is 10.1. The first kappa shape index (κ1) is 19.4. The van der Waals surface area contributed by atoms with E-state index in [1.54, 1.807) is 6.20 Å². The van der Waals surface area contributed by atoms with Crippen molar-refractivity contribution in [3.8, 4) is 0 Å². The van der Waals surface area contributed by atoms with Crippen LogP contribution in [0.25, 0.3) is 0 Å². The highest BCUT2D eigenvalue weighted by Gasteiger charge is 2.47. The van der Waals surface area contributed by atoms with Crippen LogP contribution in [0, 0.1) is 5.92 Å². The van der Waals surface area contributed by atoms with Crippen LogP contribution in [0.1, 0.15) is 53.2 Å². The number of hydrogen-bond acceptors (Lipinski definition) is 4. The highest BCUT2D eigenvalue weighted by molar-refractivity contribution is 5.94. The molecular weight excluding hydrogens is 368 g/mol. The number of nitrogens with one attached hydrogen (secondary N) is 1. The normalized spacial score (nSPS) is 20.3. The van der Waals surface area contributed by atoms with Crippen molar-refractivity contribution in [1.29, 1.82) is 0 Å². The van der Waals surface area contributed by atoms with E-state index in [2.05, 4.69) is 10.3 Å². The zero-order chi connectivity index (χ0) is 20.6. The molecule has 1 aromatic carbocycles. The molecule has 2 aliphatic heterocycles. The number of nitrogens with zero attached hydrogens (tertiary/aromatic N) is 3. The lowest BCUT2D eigenvalue weighted by atomic mass is 9.85. The maximum absolute atomic E-state index is 12.8. The smallest absolute Gasteiger partial charge is 0.285 e. The number of aromatic nitrogens is 2. The van der Waals surface area contributed by atoms with Gasteiger partial charge in [0, 0.05) is 43.4 Å². The van der Waals surface area contributed by atoms with Gasteiger partial charge in [0.1, 0.15) is 11.4 Å². The van der Waals surface area contributed by atoms with Crippen LogP contribution in [0.15, 0.2) is 41.3 Å². The summed E-state index contributed by atoms with van der Waals surface area (Å²) in [5.41, 5.74) is -0.0466. The molecule has 0 saturated carbocycles. The van der Waals surface area contributed by atoms with Gasteiger partial charge in [-0.3, -0.25) is 14.4 Å². The van der Waals surface area contributed by atoms with E-state index in [1.807, 2.05) is 53.6 Å². The molecule has 0 bridgehead atoms. The predicted octanol–water partition coefficient (Wildman–Crippen LogP) is 1.82. The summed E-state index contributed by atoms with van der Waals surface area (Å²) >= 11 is 0. The summed E-state index contributed by atoms with van der Waals surface area (Å²) in [4.78, 5) is 43.9. The number of fused-ring (bicyclic) bond motifs is 2. The third-order valence-electron chi connectivity index (χ3n) is 5.88. The second kappa shape index (κ2) is 7.46. The quantitative estimate of drug-likeness (QED) is 0.857. The number of rotatable bonds is 4. The fraction of sp³-hybridized carbons (Fsp3) is 0.455. The van der Waals surface area contributed by atoms with Gasteiger partial charge in [0.2, 0.25) is 0 Å². The SMILES string of the molecule is CC(C)CNC(=O)c1cn2c(nc1=O)[C@]1(CCN(C(=O)c3ccccc3)C1)CC2. The molecule has 1 atom stereocenters. The monoisotopic (exact) mass is 394 g/mol. The molecule has 2 aliphatic rings.